The first-order chi connectivity index (χ1) is 15.3. The Morgan fingerprint density at radius 3 is 2.28 bits per heavy atom. The number of hydrogen-bond acceptors (Lipinski definition) is 4. The van der Waals surface area contributed by atoms with E-state index in [1.165, 1.54) is 11.8 Å². The van der Waals surface area contributed by atoms with Gasteiger partial charge in [-0.15, -0.1) is 0 Å². The lowest BCUT2D eigenvalue weighted by Crippen LogP contribution is -2.35. The Kier molecular flexibility index (Phi) is 5.53. The van der Waals surface area contributed by atoms with Gasteiger partial charge in [0.1, 0.15) is 5.75 Å². The van der Waals surface area contributed by atoms with Gasteiger partial charge in [0, 0.05) is 5.56 Å². The Bertz CT molecular complexity index is 1350. The topological polar surface area (TPSA) is 73.2 Å². The molecule has 162 valence electrons. The standard InChI is InChI=1S/C26H25N3O3/c1-26(2,3)18-15-13-17(14-16-18)23-27-21-11-7-5-9-19(21)25(31)29(23)28-24(30)20-10-6-8-12-22(20)32-4/h5-16H,1-4H3,(H,28,30). The Labute approximate surface area is 186 Å². The van der Waals surface area contributed by atoms with E-state index in [9.17, 15) is 9.59 Å². The highest BCUT2D eigenvalue weighted by Crippen LogP contribution is 2.26. The van der Waals surface area contributed by atoms with Crippen LogP contribution in [0.2, 0.25) is 0 Å². The number of carbonyl (C=O) groups is 1. The molecule has 0 unspecified atom stereocenters. The van der Waals surface area contributed by atoms with Crippen molar-refractivity contribution in [1.29, 1.82) is 0 Å². The van der Waals surface area contributed by atoms with Crippen LogP contribution < -0.4 is 15.7 Å². The van der Waals surface area contributed by atoms with Crippen LogP contribution in [0.1, 0.15) is 36.7 Å². The molecule has 0 saturated heterocycles. The van der Waals surface area contributed by atoms with Crippen LogP contribution in [0.25, 0.3) is 22.3 Å². The second-order valence-electron chi connectivity index (χ2n) is 8.56. The third kappa shape index (κ3) is 3.99. The van der Waals surface area contributed by atoms with E-state index in [4.69, 9.17) is 9.72 Å². The number of nitrogens with zero attached hydrogens (tertiary/aromatic N) is 2. The molecule has 0 fully saturated rings. The number of carbonyl (C=O) groups excluding carboxylic acids is 1. The molecule has 0 spiro atoms. The first-order valence-electron chi connectivity index (χ1n) is 10.4. The van der Waals surface area contributed by atoms with Crippen LogP contribution in [0.4, 0.5) is 0 Å². The van der Waals surface area contributed by atoms with Crippen LogP contribution in [0, 0.1) is 0 Å². The molecule has 6 nitrogen and oxygen atoms in total. The molecular formula is C26H25N3O3. The molecule has 0 aliphatic rings. The average molecular weight is 428 g/mol. The molecule has 1 N–H and O–H groups in total. The summed E-state index contributed by atoms with van der Waals surface area (Å²) in [5, 5.41) is 0.419. The Balaban J connectivity index is 1.86. The maximum atomic E-state index is 13.3. The van der Waals surface area contributed by atoms with Crippen molar-refractivity contribution in [2.24, 2.45) is 0 Å². The molecule has 0 atom stereocenters. The van der Waals surface area contributed by atoms with E-state index in [0.717, 1.165) is 11.1 Å². The molecule has 6 heteroatoms. The van der Waals surface area contributed by atoms with E-state index in [1.807, 2.05) is 30.3 Å². The molecule has 1 aromatic heterocycles. The van der Waals surface area contributed by atoms with Crippen molar-refractivity contribution in [2.45, 2.75) is 26.2 Å². The number of aromatic nitrogens is 2. The summed E-state index contributed by atoms with van der Waals surface area (Å²) >= 11 is 0. The fourth-order valence-electron chi connectivity index (χ4n) is 3.54. The molecule has 0 saturated carbocycles. The van der Waals surface area contributed by atoms with E-state index < -0.39 is 5.91 Å². The summed E-state index contributed by atoms with van der Waals surface area (Å²) in [6.07, 6.45) is 0. The number of benzene rings is 3. The van der Waals surface area contributed by atoms with Gasteiger partial charge in [-0.1, -0.05) is 69.3 Å². The van der Waals surface area contributed by atoms with E-state index in [-0.39, 0.29) is 11.0 Å². The van der Waals surface area contributed by atoms with E-state index >= 15 is 0 Å². The summed E-state index contributed by atoms with van der Waals surface area (Å²) in [5.41, 5.74) is 5.14. The molecule has 0 aliphatic carbocycles. The first-order valence-corrected chi connectivity index (χ1v) is 10.4. The van der Waals surface area contributed by atoms with Crippen LogP contribution in [-0.2, 0) is 5.41 Å². The summed E-state index contributed by atoms with van der Waals surface area (Å²) in [6.45, 7) is 6.42. The van der Waals surface area contributed by atoms with E-state index in [0.29, 0.717) is 28.0 Å². The van der Waals surface area contributed by atoms with Gasteiger partial charge in [0.15, 0.2) is 5.82 Å². The van der Waals surface area contributed by atoms with Crippen molar-refractivity contribution in [3.8, 4) is 17.1 Å². The molecule has 1 heterocycles. The number of hydrogen-bond donors (Lipinski definition) is 1. The summed E-state index contributed by atoms with van der Waals surface area (Å²) in [6, 6.07) is 21.8. The highest BCUT2D eigenvalue weighted by Gasteiger charge is 2.19. The molecule has 0 bridgehead atoms. The van der Waals surface area contributed by atoms with Crippen LogP contribution in [0.15, 0.2) is 77.6 Å². The first kappa shape index (κ1) is 21.3. The zero-order chi connectivity index (χ0) is 22.9. The van der Waals surface area contributed by atoms with Crippen molar-refractivity contribution < 1.29 is 9.53 Å². The fraction of sp³-hybridized carbons (Fsp3) is 0.192. The van der Waals surface area contributed by atoms with E-state index in [1.54, 1.807) is 42.5 Å². The van der Waals surface area contributed by atoms with Gasteiger partial charge in [-0.05, 0) is 35.2 Å². The van der Waals surface area contributed by atoms with Crippen LogP contribution in [0.3, 0.4) is 0 Å². The normalized spacial score (nSPS) is 11.4. The van der Waals surface area contributed by atoms with Crippen molar-refractivity contribution >= 4 is 16.8 Å². The fourth-order valence-corrected chi connectivity index (χ4v) is 3.54. The molecule has 3 aromatic carbocycles. The molecule has 0 aliphatic heterocycles. The third-order valence-electron chi connectivity index (χ3n) is 5.35. The van der Waals surface area contributed by atoms with Gasteiger partial charge in [0.05, 0.1) is 23.6 Å². The zero-order valence-corrected chi connectivity index (χ0v) is 18.5. The van der Waals surface area contributed by atoms with E-state index in [2.05, 4.69) is 26.2 Å². The minimum atomic E-state index is -0.464. The summed E-state index contributed by atoms with van der Waals surface area (Å²) in [7, 11) is 1.50. The molecular weight excluding hydrogens is 402 g/mol. The van der Waals surface area contributed by atoms with Gasteiger partial charge in [0.25, 0.3) is 11.5 Å². The van der Waals surface area contributed by atoms with Crippen molar-refractivity contribution in [3.63, 3.8) is 0 Å². The minimum absolute atomic E-state index is 0.00686. The maximum absolute atomic E-state index is 13.3. The Hall–Kier alpha value is -3.93. The quantitative estimate of drug-likeness (QED) is 0.510. The number of methoxy groups -OCH3 is 1. The number of amides is 1. The van der Waals surface area contributed by atoms with Gasteiger partial charge in [-0.3, -0.25) is 15.0 Å². The van der Waals surface area contributed by atoms with Crippen molar-refractivity contribution in [1.82, 2.24) is 9.66 Å². The zero-order valence-electron chi connectivity index (χ0n) is 18.5. The predicted octanol–water partition coefficient (Wildman–Crippen LogP) is 4.75. The minimum Gasteiger partial charge on any atom is -0.496 e. The van der Waals surface area contributed by atoms with Gasteiger partial charge < -0.3 is 4.74 Å². The van der Waals surface area contributed by atoms with Crippen molar-refractivity contribution in [3.05, 3.63) is 94.3 Å². The van der Waals surface area contributed by atoms with Crippen LogP contribution in [0.5, 0.6) is 5.75 Å². The summed E-state index contributed by atoms with van der Waals surface area (Å²) in [4.78, 5) is 31.1. The monoisotopic (exact) mass is 427 g/mol. The lowest BCUT2D eigenvalue weighted by Gasteiger charge is -2.20. The second-order valence-corrected chi connectivity index (χ2v) is 8.56. The van der Waals surface area contributed by atoms with Gasteiger partial charge in [0.2, 0.25) is 0 Å². The average Bonchev–Trinajstić information content (AvgIpc) is 2.80. The SMILES string of the molecule is COc1ccccc1C(=O)Nn1c(-c2ccc(C(C)(C)C)cc2)nc2ccccc2c1=O. The summed E-state index contributed by atoms with van der Waals surface area (Å²) in [5.74, 6) is 0.314. The second kappa shape index (κ2) is 8.30. The number of fused-ring (bicyclic) bond motifs is 1. The van der Waals surface area contributed by atoms with Gasteiger partial charge in [-0.2, -0.15) is 4.68 Å². The van der Waals surface area contributed by atoms with Gasteiger partial charge in [-0.25, -0.2) is 4.98 Å². The number of para-hydroxylation sites is 2. The van der Waals surface area contributed by atoms with Gasteiger partial charge >= 0.3 is 0 Å². The Morgan fingerprint density at radius 2 is 1.59 bits per heavy atom. The number of rotatable bonds is 4. The maximum Gasteiger partial charge on any atom is 0.280 e. The molecule has 1 amide bonds. The molecule has 4 aromatic rings. The largest absolute Gasteiger partial charge is 0.496 e. The molecule has 4 rings (SSSR count). The van der Waals surface area contributed by atoms with Crippen molar-refractivity contribution in [2.75, 3.05) is 12.5 Å². The Morgan fingerprint density at radius 1 is 0.938 bits per heavy atom. The lowest BCUT2D eigenvalue weighted by molar-refractivity contribution is 0.100. The summed E-state index contributed by atoms with van der Waals surface area (Å²) < 4.78 is 6.51. The predicted molar refractivity (Wildman–Crippen MR) is 127 cm³/mol. The highest BCUT2D eigenvalue weighted by molar-refractivity contribution is 6.02. The molecule has 32 heavy (non-hydrogen) atoms. The number of ether oxygens (including phenoxy) is 1. The number of nitrogens with one attached hydrogen (secondary N) is 1. The third-order valence-corrected chi connectivity index (χ3v) is 5.35. The highest BCUT2D eigenvalue weighted by atomic mass is 16.5. The lowest BCUT2D eigenvalue weighted by atomic mass is 9.86. The molecule has 0 radical (unpaired) electrons. The van der Waals surface area contributed by atoms with Crippen LogP contribution in [-0.4, -0.2) is 22.7 Å². The smallest absolute Gasteiger partial charge is 0.280 e. The van der Waals surface area contributed by atoms with Crippen LogP contribution >= 0.6 is 0 Å².